The highest BCUT2D eigenvalue weighted by Crippen LogP contribution is 2.28. The van der Waals surface area contributed by atoms with Crippen molar-refractivity contribution in [3.05, 3.63) is 54.3 Å². The summed E-state index contributed by atoms with van der Waals surface area (Å²) in [5.74, 6) is -0.907. The van der Waals surface area contributed by atoms with Crippen molar-refractivity contribution >= 4 is 33.2 Å². The molecule has 4 rings (SSSR count). The summed E-state index contributed by atoms with van der Waals surface area (Å²) in [6, 6.07) is 10.7. The van der Waals surface area contributed by atoms with Crippen LogP contribution in [0.3, 0.4) is 0 Å². The second kappa shape index (κ2) is 8.16. The average Bonchev–Trinajstić information content (AvgIpc) is 3.38. The van der Waals surface area contributed by atoms with Crippen LogP contribution >= 0.6 is 0 Å². The van der Waals surface area contributed by atoms with Gasteiger partial charge in [-0.15, -0.1) is 0 Å². The van der Waals surface area contributed by atoms with E-state index in [-0.39, 0.29) is 17.3 Å². The van der Waals surface area contributed by atoms with Crippen LogP contribution in [0.4, 0.5) is 15.8 Å². The number of hydrogen-bond acceptors (Lipinski definition) is 4. The van der Waals surface area contributed by atoms with E-state index in [4.69, 9.17) is 0 Å². The Morgan fingerprint density at radius 2 is 1.83 bits per heavy atom. The van der Waals surface area contributed by atoms with Crippen molar-refractivity contribution in [1.29, 1.82) is 0 Å². The molecular formula is C21H22FN3O4S. The van der Waals surface area contributed by atoms with E-state index >= 15 is 0 Å². The number of sulfonamides is 1. The summed E-state index contributed by atoms with van der Waals surface area (Å²) in [5, 5.41) is 2.78. The molecule has 0 aliphatic carbocycles. The third-order valence-corrected chi connectivity index (χ3v) is 7.35. The molecule has 0 saturated carbocycles. The third kappa shape index (κ3) is 3.95. The second-order valence-electron chi connectivity index (χ2n) is 7.42. The van der Waals surface area contributed by atoms with Gasteiger partial charge in [-0.05, 0) is 61.7 Å². The largest absolute Gasteiger partial charge is 0.325 e. The Hall–Kier alpha value is -2.78. The van der Waals surface area contributed by atoms with Crippen LogP contribution in [-0.2, 0) is 19.6 Å². The molecule has 0 spiro atoms. The van der Waals surface area contributed by atoms with Crippen molar-refractivity contribution in [1.82, 2.24) is 4.31 Å². The lowest BCUT2D eigenvalue weighted by molar-refractivity contribution is -0.119. The van der Waals surface area contributed by atoms with Crippen LogP contribution in [-0.4, -0.2) is 43.7 Å². The van der Waals surface area contributed by atoms with Crippen LogP contribution in [0, 0.1) is 5.82 Å². The molecule has 1 unspecified atom stereocenters. The van der Waals surface area contributed by atoms with Gasteiger partial charge in [0, 0.05) is 30.9 Å². The molecule has 2 saturated heterocycles. The van der Waals surface area contributed by atoms with Gasteiger partial charge in [-0.3, -0.25) is 9.59 Å². The van der Waals surface area contributed by atoms with Crippen LogP contribution in [0.1, 0.15) is 25.7 Å². The van der Waals surface area contributed by atoms with Crippen LogP contribution in [0.15, 0.2) is 53.4 Å². The third-order valence-electron chi connectivity index (χ3n) is 5.43. The van der Waals surface area contributed by atoms with E-state index in [1.165, 1.54) is 16.4 Å². The minimum atomic E-state index is -3.92. The summed E-state index contributed by atoms with van der Waals surface area (Å²) in [5.41, 5.74) is 1.21. The molecule has 2 amide bonds. The fourth-order valence-corrected chi connectivity index (χ4v) is 5.59. The van der Waals surface area contributed by atoms with E-state index in [9.17, 15) is 22.4 Å². The van der Waals surface area contributed by atoms with Gasteiger partial charge in [0.1, 0.15) is 11.9 Å². The normalized spacial score (nSPS) is 20.0. The number of rotatable bonds is 5. The molecule has 158 valence electrons. The maximum Gasteiger partial charge on any atom is 0.243 e. The molecule has 2 aliphatic rings. The Balaban J connectivity index is 1.52. The topological polar surface area (TPSA) is 86.8 Å². The molecule has 1 N–H and O–H groups in total. The van der Waals surface area contributed by atoms with Crippen molar-refractivity contribution in [2.24, 2.45) is 0 Å². The number of carbonyl (C=O) groups is 2. The standard InChI is InChI=1S/C21H22FN3O4S/c22-15-8-10-18(11-9-15)30(28,29)25-13-2-6-19(25)21(27)23-16-4-1-5-17(14-16)24-12-3-7-20(24)26/h1,4-5,8-11,14,19H,2-3,6-7,12-13H2,(H,23,27). The van der Waals surface area contributed by atoms with E-state index in [1.807, 2.05) is 0 Å². The predicted molar refractivity (Wildman–Crippen MR) is 110 cm³/mol. The lowest BCUT2D eigenvalue weighted by atomic mass is 10.2. The predicted octanol–water partition coefficient (Wildman–Crippen LogP) is 2.74. The molecule has 7 nitrogen and oxygen atoms in total. The molecule has 0 aromatic heterocycles. The maximum absolute atomic E-state index is 13.2. The van der Waals surface area contributed by atoms with Gasteiger partial charge < -0.3 is 10.2 Å². The van der Waals surface area contributed by atoms with E-state index in [1.54, 1.807) is 29.2 Å². The Labute approximate surface area is 174 Å². The quantitative estimate of drug-likeness (QED) is 0.789. The van der Waals surface area contributed by atoms with Crippen LogP contribution in [0.2, 0.25) is 0 Å². The Morgan fingerprint density at radius 3 is 2.53 bits per heavy atom. The lowest BCUT2D eigenvalue weighted by Crippen LogP contribution is -2.43. The summed E-state index contributed by atoms with van der Waals surface area (Å²) in [7, 11) is -3.92. The fraction of sp³-hybridized carbons (Fsp3) is 0.333. The first-order chi connectivity index (χ1) is 14.4. The van der Waals surface area contributed by atoms with Crippen molar-refractivity contribution in [2.45, 2.75) is 36.6 Å². The van der Waals surface area contributed by atoms with Crippen molar-refractivity contribution in [3.8, 4) is 0 Å². The first-order valence-corrected chi connectivity index (χ1v) is 11.3. The van der Waals surface area contributed by atoms with E-state index in [2.05, 4.69) is 5.32 Å². The minimum absolute atomic E-state index is 0.0434. The van der Waals surface area contributed by atoms with Gasteiger partial charge in [-0.1, -0.05) is 6.07 Å². The number of carbonyl (C=O) groups excluding carboxylic acids is 2. The van der Waals surface area contributed by atoms with Crippen LogP contribution < -0.4 is 10.2 Å². The van der Waals surface area contributed by atoms with E-state index in [0.717, 1.165) is 18.6 Å². The van der Waals surface area contributed by atoms with Gasteiger partial charge in [0.2, 0.25) is 21.8 Å². The molecule has 2 aromatic carbocycles. The Morgan fingerprint density at radius 1 is 1.07 bits per heavy atom. The number of benzene rings is 2. The molecular weight excluding hydrogens is 409 g/mol. The summed E-state index contributed by atoms with van der Waals surface area (Å²) >= 11 is 0. The molecule has 30 heavy (non-hydrogen) atoms. The van der Waals surface area contributed by atoms with Crippen LogP contribution in [0.5, 0.6) is 0 Å². The summed E-state index contributed by atoms with van der Waals surface area (Å²) in [6.07, 6.45) is 2.26. The number of nitrogens with zero attached hydrogens (tertiary/aromatic N) is 2. The highest BCUT2D eigenvalue weighted by molar-refractivity contribution is 7.89. The highest BCUT2D eigenvalue weighted by atomic mass is 32.2. The monoisotopic (exact) mass is 431 g/mol. The van der Waals surface area contributed by atoms with Crippen LogP contribution in [0.25, 0.3) is 0 Å². The SMILES string of the molecule is O=C(Nc1cccc(N2CCCC2=O)c1)C1CCCN1S(=O)(=O)c1ccc(F)cc1. The van der Waals surface area contributed by atoms with Gasteiger partial charge in [-0.25, -0.2) is 12.8 Å². The molecule has 1 atom stereocenters. The molecule has 9 heteroatoms. The Kier molecular flexibility index (Phi) is 5.57. The first-order valence-electron chi connectivity index (χ1n) is 9.85. The van der Waals surface area contributed by atoms with Gasteiger partial charge in [0.05, 0.1) is 4.90 Å². The zero-order valence-electron chi connectivity index (χ0n) is 16.3. The molecule has 2 heterocycles. The number of nitrogens with one attached hydrogen (secondary N) is 1. The highest BCUT2D eigenvalue weighted by Gasteiger charge is 2.39. The zero-order valence-corrected chi connectivity index (χ0v) is 17.1. The van der Waals surface area contributed by atoms with Gasteiger partial charge in [0.25, 0.3) is 0 Å². The van der Waals surface area contributed by atoms with Crippen molar-refractivity contribution < 1.29 is 22.4 Å². The summed E-state index contributed by atoms with van der Waals surface area (Å²) < 4.78 is 40.3. The maximum atomic E-state index is 13.2. The molecule has 2 aromatic rings. The number of hydrogen-bond donors (Lipinski definition) is 1. The first kappa shape index (κ1) is 20.5. The number of halogens is 1. The van der Waals surface area contributed by atoms with Gasteiger partial charge in [-0.2, -0.15) is 4.31 Å². The number of amides is 2. The number of anilines is 2. The zero-order chi connectivity index (χ0) is 21.3. The molecule has 2 fully saturated rings. The summed E-state index contributed by atoms with van der Waals surface area (Å²) in [6.45, 7) is 0.864. The average molecular weight is 431 g/mol. The Bertz CT molecular complexity index is 1070. The van der Waals surface area contributed by atoms with Gasteiger partial charge >= 0.3 is 0 Å². The van der Waals surface area contributed by atoms with Crippen molar-refractivity contribution in [3.63, 3.8) is 0 Å². The molecule has 0 radical (unpaired) electrons. The molecule has 2 aliphatic heterocycles. The second-order valence-corrected chi connectivity index (χ2v) is 9.31. The fourth-order valence-electron chi connectivity index (χ4n) is 3.93. The van der Waals surface area contributed by atoms with E-state index < -0.39 is 27.8 Å². The van der Waals surface area contributed by atoms with Crippen molar-refractivity contribution in [2.75, 3.05) is 23.3 Å². The minimum Gasteiger partial charge on any atom is -0.325 e. The summed E-state index contributed by atoms with van der Waals surface area (Å²) in [4.78, 5) is 26.5. The molecule has 0 bridgehead atoms. The van der Waals surface area contributed by atoms with Gasteiger partial charge in [0.15, 0.2) is 0 Å². The smallest absolute Gasteiger partial charge is 0.243 e. The van der Waals surface area contributed by atoms with E-state index in [0.29, 0.717) is 37.2 Å². The lowest BCUT2D eigenvalue weighted by Gasteiger charge is -2.24.